The fourth-order valence-corrected chi connectivity index (χ4v) is 3.51. The third-order valence-corrected chi connectivity index (χ3v) is 4.88. The zero-order chi connectivity index (χ0) is 15.6. The maximum absolute atomic E-state index is 12.4. The molecule has 0 radical (unpaired) electrons. The molecule has 110 valence electrons. The lowest BCUT2D eigenvalue weighted by Crippen LogP contribution is -2.15. The first kappa shape index (κ1) is 15.8. The van der Waals surface area contributed by atoms with Gasteiger partial charge in [-0.05, 0) is 36.8 Å². The van der Waals surface area contributed by atoms with E-state index in [-0.39, 0.29) is 14.9 Å². The molecule has 0 unspecified atom stereocenters. The van der Waals surface area contributed by atoms with Crippen LogP contribution in [0.2, 0.25) is 5.02 Å². The number of aryl methyl sites for hydroxylation is 1. The van der Waals surface area contributed by atoms with Crippen molar-refractivity contribution in [3.05, 3.63) is 58.6 Å². The molecule has 0 saturated heterocycles. The number of rotatable bonds is 4. The van der Waals surface area contributed by atoms with Gasteiger partial charge in [0.25, 0.3) is 10.0 Å². The third kappa shape index (κ3) is 3.72. The van der Waals surface area contributed by atoms with E-state index in [1.54, 1.807) is 18.2 Å². The van der Waals surface area contributed by atoms with Gasteiger partial charge in [0.2, 0.25) is 0 Å². The minimum Gasteiger partial charge on any atom is -0.389 e. The second-order valence-electron chi connectivity index (χ2n) is 4.48. The molecule has 0 saturated carbocycles. The van der Waals surface area contributed by atoms with Gasteiger partial charge in [0.1, 0.15) is 9.88 Å². The van der Waals surface area contributed by atoms with Gasteiger partial charge in [0, 0.05) is 11.3 Å². The van der Waals surface area contributed by atoms with Crippen molar-refractivity contribution in [2.75, 3.05) is 4.72 Å². The van der Waals surface area contributed by atoms with E-state index in [1.165, 1.54) is 18.2 Å². The molecule has 0 aliphatic heterocycles. The van der Waals surface area contributed by atoms with Gasteiger partial charge in [-0.15, -0.1) is 0 Å². The van der Waals surface area contributed by atoms with E-state index in [4.69, 9.17) is 29.6 Å². The molecule has 0 atom stereocenters. The first-order valence-corrected chi connectivity index (χ1v) is 8.25. The van der Waals surface area contributed by atoms with Crippen molar-refractivity contribution in [2.45, 2.75) is 11.8 Å². The summed E-state index contributed by atoms with van der Waals surface area (Å²) in [5.74, 6) is 0. The van der Waals surface area contributed by atoms with E-state index < -0.39 is 10.0 Å². The Bertz CT molecular complexity index is 804. The van der Waals surface area contributed by atoms with Crippen LogP contribution < -0.4 is 10.5 Å². The quantitative estimate of drug-likeness (QED) is 0.839. The number of anilines is 1. The Balaban J connectivity index is 2.38. The van der Waals surface area contributed by atoms with Gasteiger partial charge in [-0.3, -0.25) is 4.72 Å². The van der Waals surface area contributed by atoms with E-state index in [0.717, 1.165) is 5.56 Å². The van der Waals surface area contributed by atoms with Crippen LogP contribution in [0.4, 0.5) is 5.69 Å². The number of halogens is 1. The van der Waals surface area contributed by atoms with Gasteiger partial charge in [-0.25, -0.2) is 8.42 Å². The normalized spacial score (nSPS) is 11.1. The number of thiocarbonyl (C=S) groups is 1. The lowest BCUT2D eigenvalue weighted by molar-refractivity contribution is 0.601. The van der Waals surface area contributed by atoms with Gasteiger partial charge in [-0.1, -0.05) is 42.0 Å². The molecule has 2 rings (SSSR count). The van der Waals surface area contributed by atoms with Crippen LogP contribution in [0.15, 0.2) is 47.4 Å². The molecule has 21 heavy (non-hydrogen) atoms. The van der Waals surface area contributed by atoms with Crippen LogP contribution in [-0.4, -0.2) is 13.4 Å². The summed E-state index contributed by atoms with van der Waals surface area (Å²) in [6, 6.07) is 11.4. The van der Waals surface area contributed by atoms with E-state index in [9.17, 15) is 8.42 Å². The van der Waals surface area contributed by atoms with Gasteiger partial charge < -0.3 is 5.73 Å². The highest BCUT2D eigenvalue weighted by Crippen LogP contribution is 2.25. The van der Waals surface area contributed by atoms with Crippen molar-refractivity contribution >= 4 is 44.5 Å². The molecule has 3 N–H and O–H groups in total. The standard InChI is InChI=1S/C14H13ClN2O2S2/c1-9-3-2-4-11(7-9)17-21(18,19)13-6-5-10(14(16)20)8-12(13)15/h2-8,17H,1H3,(H2,16,20). The fraction of sp³-hybridized carbons (Fsp3) is 0.0714. The van der Waals surface area contributed by atoms with Crippen LogP contribution in [0, 0.1) is 6.92 Å². The monoisotopic (exact) mass is 340 g/mol. The molecular weight excluding hydrogens is 328 g/mol. The van der Waals surface area contributed by atoms with Crippen molar-refractivity contribution in [2.24, 2.45) is 5.73 Å². The van der Waals surface area contributed by atoms with Gasteiger partial charge in [0.15, 0.2) is 0 Å². The summed E-state index contributed by atoms with van der Waals surface area (Å²) in [5, 5.41) is 0.0699. The van der Waals surface area contributed by atoms with Gasteiger partial charge in [0.05, 0.1) is 5.02 Å². The highest BCUT2D eigenvalue weighted by atomic mass is 35.5. The van der Waals surface area contributed by atoms with Crippen molar-refractivity contribution in [3.63, 3.8) is 0 Å². The van der Waals surface area contributed by atoms with E-state index in [1.807, 2.05) is 13.0 Å². The number of benzene rings is 2. The van der Waals surface area contributed by atoms with Gasteiger partial charge in [-0.2, -0.15) is 0 Å². The third-order valence-electron chi connectivity index (χ3n) is 2.78. The predicted molar refractivity (Wildman–Crippen MR) is 89.3 cm³/mol. The predicted octanol–water partition coefficient (Wildman–Crippen LogP) is 3.08. The highest BCUT2D eigenvalue weighted by molar-refractivity contribution is 7.92. The first-order chi connectivity index (χ1) is 9.79. The lowest BCUT2D eigenvalue weighted by Gasteiger charge is -2.11. The molecule has 0 bridgehead atoms. The zero-order valence-corrected chi connectivity index (χ0v) is 13.5. The Morgan fingerprint density at radius 3 is 2.52 bits per heavy atom. The molecule has 0 heterocycles. The topological polar surface area (TPSA) is 72.2 Å². The van der Waals surface area contributed by atoms with Crippen LogP contribution in [0.3, 0.4) is 0 Å². The van der Waals surface area contributed by atoms with E-state index >= 15 is 0 Å². The molecule has 0 aliphatic rings. The molecule has 2 aromatic carbocycles. The van der Waals surface area contributed by atoms with Crippen molar-refractivity contribution in [1.82, 2.24) is 0 Å². The first-order valence-electron chi connectivity index (χ1n) is 5.98. The van der Waals surface area contributed by atoms with Crippen LogP contribution in [0.25, 0.3) is 0 Å². The summed E-state index contributed by atoms with van der Waals surface area (Å²) < 4.78 is 27.2. The van der Waals surface area contributed by atoms with Crippen LogP contribution in [0.5, 0.6) is 0 Å². The molecule has 0 fully saturated rings. The van der Waals surface area contributed by atoms with Crippen molar-refractivity contribution in [3.8, 4) is 0 Å². The summed E-state index contributed by atoms with van der Waals surface area (Å²) in [5.41, 5.74) is 7.43. The molecule has 2 aromatic rings. The maximum atomic E-state index is 12.4. The number of hydrogen-bond acceptors (Lipinski definition) is 3. The van der Waals surface area contributed by atoms with E-state index in [0.29, 0.717) is 11.3 Å². The Kier molecular flexibility index (Phi) is 4.51. The molecular formula is C14H13ClN2O2S2. The molecule has 0 aromatic heterocycles. The second kappa shape index (κ2) is 6.01. The SMILES string of the molecule is Cc1cccc(NS(=O)(=O)c2ccc(C(N)=S)cc2Cl)c1. The minimum atomic E-state index is -3.77. The summed E-state index contributed by atoms with van der Waals surface area (Å²) in [6.45, 7) is 1.88. The zero-order valence-electron chi connectivity index (χ0n) is 11.1. The largest absolute Gasteiger partial charge is 0.389 e. The minimum absolute atomic E-state index is 0.0225. The smallest absolute Gasteiger partial charge is 0.263 e. The summed E-state index contributed by atoms with van der Waals surface area (Å²) in [4.78, 5) is 0.137. The lowest BCUT2D eigenvalue weighted by atomic mass is 10.2. The Morgan fingerprint density at radius 1 is 1.24 bits per heavy atom. The molecule has 4 nitrogen and oxygen atoms in total. The maximum Gasteiger partial charge on any atom is 0.263 e. The Morgan fingerprint density at radius 2 is 1.95 bits per heavy atom. The molecule has 0 aliphatic carbocycles. The highest BCUT2D eigenvalue weighted by Gasteiger charge is 2.18. The number of sulfonamides is 1. The van der Waals surface area contributed by atoms with Crippen LogP contribution in [-0.2, 0) is 10.0 Å². The van der Waals surface area contributed by atoms with Crippen LogP contribution >= 0.6 is 23.8 Å². The second-order valence-corrected chi connectivity index (χ2v) is 6.98. The average Bonchev–Trinajstić information content (AvgIpc) is 2.37. The number of nitrogens with one attached hydrogen (secondary N) is 1. The summed E-state index contributed by atoms with van der Waals surface area (Å²) in [7, 11) is -3.77. The Hall–Kier alpha value is -1.63. The molecule has 0 spiro atoms. The average molecular weight is 341 g/mol. The fourth-order valence-electron chi connectivity index (χ4n) is 1.79. The number of hydrogen-bond donors (Lipinski definition) is 2. The van der Waals surface area contributed by atoms with E-state index in [2.05, 4.69) is 4.72 Å². The van der Waals surface area contributed by atoms with Crippen molar-refractivity contribution in [1.29, 1.82) is 0 Å². The number of nitrogens with two attached hydrogens (primary N) is 1. The summed E-state index contributed by atoms with van der Waals surface area (Å²) in [6.07, 6.45) is 0. The summed E-state index contributed by atoms with van der Waals surface area (Å²) >= 11 is 10.9. The molecule has 7 heteroatoms. The Labute approximate surface area is 134 Å². The van der Waals surface area contributed by atoms with Crippen molar-refractivity contribution < 1.29 is 8.42 Å². The van der Waals surface area contributed by atoms with Gasteiger partial charge >= 0.3 is 0 Å². The molecule has 0 amide bonds. The van der Waals surface area contributed by atoms with Crippen LogP contribution in [0.1, 0.15) is 11.1 Å².